The van der Waals surface area contributed by atoms with E-state index in [1.807, 2.05) is 24.3 Å². The molecule has 0 saturated heterocycles. The van der Waals surface area contributed by atoms with Crippen LogP contribution in [0.15, 0.2) is 29.3 Å². The Morgan fingerprint density at radius 1 is 1.32 bits per heavy atom. The number of amides is 1. The molecule has 0 fully saturated rings. The first-order valence-corrected chi connectivity index (χ1v) is 7.10. The van der Waals surface area contributed by atoms with Crippen LogP contribution in [0.4, 0.5) is 5.13 Å². The number of amidine groups is 1. The molecule has 0 bridgehead atoms. The first kappa shape index (κ1) is 12.1. The lowest BCUT2D eigenvalue weighted by atomic mass is 10.3. The van der Waals surface area contributed by atoms with Crippen molar-refractivity contribution in [2.45, 2.75) is 12.8 Å². The summed E-state index contributed by atoms with van der Waals surface area (Å²) < 4.78 is 1.06. The third kappa shape index (κ3) is 2.73. The Balaban J connectivity index is 1.76. The Labute approximate surface area is 114 Å². The Kier molecular flexibility index (Phi) is 3.41. The highest BCUT2D eigenvalue weighted by atomic mass is 32.1. The number of anilines is 1. The number of nitrogens with zero attached hydrogens (tertiary/aromatic N) is 2. The molecule has 2 aromatic rings. The minimum absolute atomic E-state index is 0.207. The third-order valence-corrected chi connectivity index (χ3v) is 3.83. The lowest BCUT2D eigenvalue weighted by Crippen LogP contribution is -2.35. The van der Waals surface area contributed by atoms with E-state index in [2.05, 4.69) is 20.6 Å². The minimum atomic E-state index is -0.207. The van der Waals surface area contributed by atoms with Crippen molar-refractivity contribution in [1.29, 1.82) is 0 Å². The monoisotopic (exact) mass is 274 g/mol. The number of aliphatic imine (C=N–C) groups is 1. The molecule has 5 nitrogen and oxygen atoms in total. The Morgan fingerprint density at radius 2 is 2.21 bits per heavy atom. The number of carbonyl (C=O) groups excluding carboxylic acids is 1. The summed E-state index contributed by atoms with van der Waals surface area (Å²) in [5.41, 5.74) is 0.901. The molecule has 1 aromatic heterocycles. The maximum Gasteiger partial charge on any atom is 0.292 e. The van der Waals surface area contributed by atoms with Crippen molar-refractivity contribution in [1.82, 2.24) is 10.3 Å². The van der Waals surface area contributed by atoms with Crippen LogP contribution in [0.2, 0.25) is 0 Å². The Hall–Kier alpha value is -1.95. The summed E-state index contributed by atoms with van der Waals surface area (Å²) in [5.74, 6) is 0.206. The second kappa shape index (κ2) is 5.36. The van der Waals surface area contributed by atoms with Crippen LogP contribution < -0.4 is 10.6 Å². The van der Waals surface area contributed by atoms with Crippen LogP contribution in [0.1, 0.15) is 12.8 Å². The Bertz CT molecular complexity index is 601. The number of nitrogens with one attached hydrogen (secondary N) is 2. The standard InChI is InChI=1S/C13H14N4OS/c18-12(11-14-7-3-4-8-15-11)17-13-16-9-5-1-2-6-10(9)19-13/h1-2,5-6H,3-4,7-8H2,(H,14,15)(H,16,17,18). The van der Waals surface area contributed by atoms with E-state index >= 15 is 0 Å². The van der Waals surface area contributed by atoms with Crippen molar-refractivity contribution in [3.8, 4) is 0 Å². The molecule has 6 heteroatoms. The largest absolute Gasteiger partial charge is 0.366 e. The number of hydrogen-bond donors (Lipinski definition) is 2. The second-order valence-corrected chi connectivity index (χ2v) is 5.34. The molecular weight excluding hydrogens is 260 g/mol. The number of carbonyl (C=O) groups is 1. The van der Waals surface area contributed by atoms with E-state index in [0.29, 0.717) is 17.5 Å². The molecule has 98 valence electrons. The third-order valence-electron chi connectivity index (χ3n) is 2.88. The number of para-hydroxylation sites is 1. The van der Waals surface area contributed by atoms with E-state index in [4.69, 9.17) is 0 Å². The van der Waals surface area contributed by atoms with Gasteiger partial charge in [-0.3, -0.25) is 15.1 Å². The maximum absolute atomic E-state index is 12.1. The van der Waals surface area contributed by atoms with Crippen molar-refractivity contribution >= 4 is 38.4 Å². The molecule has 0 aliphatic carbocycles. The van der Waals surface area contributed by atoms with Gasteiger partial charge in [-0.2, -0.15) is 0 Å². The molecule has 1 amide bonds. The van der Waals surface area contributed by atoms with Gasteiger partial charge in [0.1, 0.15) is 0 Å². The van der Waals surface area contributed by atoms with Crippen LogP contribution in [-0.2, 0) is 4.79 Å². The number of hydrogen-bond acceptors (Lipinski definition) is 5. The highest BCUT2D eigenvalue weighted by molar-refractivity contribution is 7.22. The normalized spacial score (nSPS) is 15.5. The van der Waals surface area contributed by atoms with Gasteiger partial charge in [-0.05, 0) is 25.0 Å². The molecule has 0 saturated carbocycles. The average molecular weight is 274 g/mol. The van der Waals surface area contributed by atoms with Crippen molar-refractivity contribution in [2.75, 3.05) is 18.4 Å². The zero-order chi connectivity index (χ0) is 13.1. The fourth-order valence-corrected chi connectivity index (χ4v) is 2.79. The summed E-state index contributed by atoms with van der Waals surface area (Å²) in [6.07, 6.45) is 2.06. The zero-order valence-electron chi connectivity index (χ0n) is 10.3. The molecule has 0 spiro atoms. The van der Waals surface area contributed by atoms with Gasteiger partial charge in [-0.1, -0.05) is 23.5 Å². The number of benzene rings is 1. The topological polar surface area (TPSA) is 66.4 Å². The summed E-state index contributed by atoms with van der Waals surface area (Å²) in [4.78, 5) is 20.7. The first-order valence-electron chi connectivity index (χ1n) is 6.28. The van der Waals surface area contributed by atoms with E-state index in [1.54, 1.807) is 0 Å². The number of thiazole rings is 1. The van der Waals surface area contributed by atoms with Crippen LogP contribution >= 0.6 is 11.3 Å². The van der Waals surface area contributed by atoms with Gasteiger partial charge in [0.25, 0.3) is 5.91 Å². The summed E-state index contributed by atoms with van der Waals surface area (Å²) in [6.45, 7) is 1.50. The molecule has 1 aromatic carbocycles. The summed E-state index contributed by atoms with van der Waals surface area (Å²) in [6, 6.07) is 7.82. The number of fused-ring (bicyclic) bond motifs is 1. The van der Waals surface area contributed by atoms with Crippen molar-refractivity contribution in [3.63, 3.8) is 0 Å². The molecule has 2 N–H and O–H groups in total. The van der Waals surface area contributed by atoms with Gasteiger partial charge in [0.15, 0.2) is 11.0 Å². The Morgan fingerprint density at radius 3 is 3.11 bits per heavy atom. The van der Waals surface area contributed by atoms with E-state index in [1.165, 1.54) is 11.3 Å². The lowest BCUT2D eigenvalue weighted by Gasteiger charge is -2.05. The van der Waals surface area contributed by atoms with Crippen LogP contribution in [0.3, 0.4) is 0 Å². The highest BCUT2D eigenvalue weighted by Crippen LogP contribution is 2.25. The minimum Gasteiger partial charge on any atom is -0.366 e. The van der Waals surface area contributed by atoms with Crippen molar-refractivity contribution in [2.24, 2.45) is 4.99 Å². The van der Waals surface area contributed by atoms with Gasteiger partial charge in [-0.25, -0.2) is 4.98 Å². The van der Waals surface area contributed by atoms with Gasteiger partial charge >= 0.3 is 0 Å². The molecule has 0 radical (unpaired) electrons. The lowest BCUT2D eigenvalue weighted by molar-refractivity contribution is -0.110. The highest BCUT2D eigenvalue weighted by Gasteiger charge is 2.14. The van der Waals surface area contributed by atoms with Gasteiger partial charge in [0, 0.05) is 13.1 Å². The zero-order valence-corrected chi connectivity index (χ0v) is 11.2. The fraction of sp³-hybridized carbons (Fsp3) is 0.308. The molecule has 1 aliphatic heterocycles. The van der Waals surface area contributed by atoms with Gasteiger partial charge < -0.3 is 5.32 Å². The maximum atomic E-state index is 12.1. The number of aromatic nitrogens is 1. The molecule has 3 rings (SSSR count). The number of rotatable bonds is 2. The summed E-state index contributed by atoms with van der Waals surface area (Å²) >= 11 is 1.47. The SMILES string of the molecule is O=C(Nc1nc2ccccc2s1)C1=NCCCCN1. The fourth-order valence-electron chi connectivity index (χ4n) is 1.92. The molecule has 0 unspecified atom stereocenters. The van der Waals surface area contributed by atoms with Crippen molar-refractivity contribution in [3.05, 3.63) is 24.3 Å². The quantitative estimate of drug-likeness (QED) is 0.880. The predicted molar refractivity (Wildman–Crippen MR) is 77.8 cm³/mol. The van der Waals surface area contributed by atoms with Crippen LogP contribution in [0.25, 0.3) is 10.2 Å². The van der Waals surface area contributed by atoms with Crippen LogP contribution in [0, 0.1) is 0 Å². The van der Waals surface area contributed by atoms with E-state index in [9.17, 15) is 4.79 Å². The molecule has 19 heavy (non-hydrogen) atoms. The predicted octanol–water partition coefficient (Wildman–Crippen LogP) is 2.02. The average Bonchev–Trinajstić information content (AvgIpc) is 2.63. The van der Waals surface area contributed by atoms with Gasteiger partial charge in [0.05, 0.1) is 10.2 Å². The van der Waals surface area contributed by atoms with E-state index in [0.717, 1.165) is 29.6 Å². The van der Waals surface area contributed by atoms with Crippen LogP contribution in [-0.4, -0.2) is 29.8 Å². The molecule has 2 heterocycles. The van der Waals surface area contributed by atoms with E-state index in [-0.39, 0.29) is 5.91 Å². The first-order chi connectivity index (χ1) is 9.33. The summed E-state index contributed by atoms with van der Waals surface area (Å²) in [5, 5.41) is 6.47. The van der Waals surface area contributed by atoms with Crippen molar-refractivity contribution < 1.29 is 4.79 Å². The van der Waals surface area contributed by atoms with Gasteiger partial charge in [-0.15, -0.1) is 0 Å². The second-order valence-electron chi connectivity index (χ2n) is 4.31. The smallest absolute Gasteiger partial charge is 0.292 e. The molecule has 1 aliphatic rings. The van der Waals surface area contributed by atoms with Crippen LogP contribution in [0.5, 0.6) is 0 Å². The molecular formula is C13H14N4OS. The van der Waals surface area contributed by atoms with E-state index < -0.39 is 0 Å². The van der Waals surface area contributed by atoms with Gasteiger partial charge in [0.2, 0.25) is 0 Å². The molecule has 0 atom stereocenters. The summed E-state index contributed by atoms with van der Waals surface area (Å²) in [7, 11) is 0.